The van der Waals surface area contributed by atoms with Gasteiger partial charge in [-0.3, -0.25) is 19.2 Å². The number of nitrogens with zero attached hydrogens (tertiary/aromatic N) is 8. The first-order valence-electron chi connectivity index (χ1n) is 24.7. The Morgan fingerprint density at radius 3 is 1.49 bits per heavy atom. The molecule has 21 heteroatoms. The van der Waals surface area contributed by atoms with Crippen LogP contribution in [0, 0.1) is 27.7 Å². The van der Waals surface area contributed by atoms with Gasteiger partial charge in [0.25, 0.3) is 0 Å². The Bertz CT molecular complexity index is 3100. The third-order valence-corrected chi connectivity index (χ3v) is 12.7. The predicted molar refractivity (Wildman–Crippen MR) is 308 cm³/mol. The smallest absolute Gasteiger partial charge is 0.247 e. The van der Waals surface area contributed by atoms with Gasteiger partial charge in [-0.1, -0.05) is 25.3 Å². The number of halogens is 1. The van der Waals surface area contributed by atoms with Gasteiger partial charge in [-0.15, -0.1) is 0 Å². The van der Waals surface area contributed by atoms with Crippen LogP contribution in [-0.2, 0) is 19.2 Å². The molecular formula is C56H67ClN14O6. The van der Waals surface area contributed by atoms with E-state index >= 15 is 0 Å². The molecule has 2 saturated heterocycles. The summed E-state index contributed by atoms with van der Waals surface area (Å²) in [5.74, 6) is 2.75. The molecule has 2 aliphatic heterocycles. The molecule has 2 aliphatic rings. The molecule has 0 spiro atoms. The summed E-state index contributed by atoms with van der Waals surface area (Å²) in [7, 11) is 3.26. The Morgan fingerprint density at radius 2 is 1.03 bits per heavy atom. The van der Waals surface area contributed by atoms with Crippen LogP contribution in [-0.4, -0.2) is 120 Å². The number of piperazine rings is 2. The Morgan fingerprint density at radius 1 is 0.584 bits per heavy atom. The number of hydrogen-bond donors (Lipinski definition) is 6. The number of aryl methyl sites for hydroxylation is 4. The minimum Gasteiger partial charge on any atom is -0.495 e. The highest BCUT2D eigenvalue weighted by Crippen LogP contribution is 2.36. The zero-order valence-electron chi connectivity index (χ0n) is 44.8. The van der Waals surface area contributed by atoms with Crippen LogP contribution in [0.1, 0.15) is 36.1 Å². The van der Waals surface area contributed by atoms with Gasteiger partial charge in [0, 0.05) is 136 Å². The highest BCUT2D eigenvalue weighted by atomic mass is 35.5. The molecule has 0 aliphatic carbocycles. The summed E-state index contributed by atoms with van der Waals surface area (Å²) in [5.41, 5.74) is 16.3. The van der Waals surface area contributed by atoms with Crippen LogP contribution in [0.25, 0.3) is 0 Å². The Kier molecular flexibility index (Phi) is 20.2. The highest BCUT2D eigenvalue weighted by molar-refractivity contribution is 6.28. The zero-order valence-corrected chi connectivity index (χ0v) is 45.5. The second-order valence-corrected chi connectivity index (χ2v) is 18.4. The highest BCUT2D eigenvalue weighted by Gasteiger charge is 2.23. The third-order valence-electron chi connectivity index (χ3n) is 12.5. The number of benzene rings is 4. The van der Waals surface area contributed by atoms with Crippen LogP contribution in [0.3, 0.4) is 0 Å². The van der Waals surface area contributed by atoms with Crippen molar-refractivity contribution in [2.45, 2.75) is 41.5 Å². The zero-order chi connectivity index (χ0) is 55.8. The number of nitrogens with one attached hydrogen (secondary N) is 5. The van der Waals surface area contributed by atoms with Gasteiger partial charge in [-0.25, -0.2) is 15.0 Å². The van der Waals surface area contributed by atoms with Gasteiger partial charge >= 0.3 is 0 Å². The van der Waals surface area contributed by atoms with Gasteiger partial charge in [0.15, 0.2) is 0 Å². The summed E-state index contributed by atoms with van der Waals surface area (Å²) in [4.78, 5) is 71.3. The van der Waals surface area contributed by atoms with E-state index in [4.69, 9.17) is 26.8 Å². The van der Waals surface area contributed by atoms with Crippen molar-refractivity contribution in [2.24, 2.45) is 0 Å². The largest absolute Gasteiger partial charge is 0.495 e. The molecular weight excluding hydrogens is 1000 g/mol. The minimum absolute atomic E-state index is 0.109. The van der Waals surface area contributed by atoms with Gasteiger partial charge < -0.3 is 61.4 Å². The second-order valence-electron chi connectivity index (χ2n) is 18.0. The number of hydrogen-bond acceptors (Lipinski definition) is 16. The first-order chi connectivity index (χ1) is 36.9. The summed E-state index contributed by atoms with van der Waals surface area (Å²) < 4.78 is 11.0. The number of carbonyl (C=O) groups is 4. The minimum atomic E-state index is -0.277. The number of aromatic nitrogens is 4. The first-order valence-corrected chi connectivity index (χ1v) is 25.1. The fourth-order valence-electron chi connectivity index (χ4n) is 8.33. The molecule has 0 atom stereocenters. The van der Waals surface area contributed by atoms with Crippen molar-refractivity contribution in [3.63, 3.8) is 0 Å². The lowest BCUT2D eigenvalue weighted by Gasteiger charge is -2.36. The second kappa shape index (κ2) is 27.0. The molecule has 404 valence electrons. The van der Waals surface area contributed by atoms with Gasteiger partial charge in [0.2, 0.25) is 34.9 Å². The fraction of sp³-hybridized carbons (Fsp3) is 0.286. The van der Waals surface area contributed by atoms with Crippen molar-refractivity contribution in [3.8, 4) is 11.5 Å². The normalized spacial score (nSPS) is 12.8. The number of nitrogens with two attached hydrogens (primary N) is 1. The molecule has 0 radical (unpaired) electrons. The topological polar surface area (TPSA) is 237 Å². The molecule has 0 bridgehead atoms. The predicted octanol–water partition coefficient (Wildman–Crippen LogP) is 8.94. The van der Waals surface area contributed by atoms with E-state index in [9.17, 15) is 19.2 Å². The van der Waals surface area contributed by atoms with Crippen molar-refractivity contribution >= 4 is 98.3 Å². The summed E-state index contributed by atoms with van der Waals surface area (Å²) in [5, 5.41) is 15.3. The van der Waals surface area contributed by atoms with Crippen LogP contribution < -0.4 is 51.6 Å². The van der Waals surface area contributed by atoms with Crippen molar-refractivity contribution < 1.29 is 28.7 Å². The molecule has 4 amide bonds. The van der Waals surface area contributed by atoms with Gasteiger partial charge in [-0.05, 0) is 111 Å². The van der Waals surface area contributed by atoms with Crippen LogP contribution in [0.15, 0.2) is 111 Å². The van der Waals surface area contributed by atoms with E-state index in [0.29, 0.717) is 59.2 Å². The fourth-order valence-corrected chi connectivity index (χ4v) is 8.47. The standard InChI is InChI=1S/C28H33N7O3.C14H13ClN4O.C14H21N3O2/c1-6-26(37)30-21-8-7-9-22(15-21)31-27-19(3)17-29-28(33-27)32-23-14-18(2)24(16-25(23)38-5)35-12-10-34(11-13-35)20(4)36;1-3-12(20)17-10-5-4-6-11(7-10)18-13-9(2)8-16-14(15)19-13;1-10-8-12(15)14(19-3)9-13(10)17-6-4-16(5-7-17)11(2)18/h6-9,14-17H,1,10-13H2,2-5H3,(H,30,37)(H2,29,31,32,33);3-8H,1H2,2H3,(H,17,20)(H,16,18,19);8-9H,4-7,15H2,1-3H3. The van der Waals surface area contributed by atoms with E-state index < -0.39 is 0 Å². The monoisotopic (exact) mass is 1070 g/mol. The van der Waals surface area contributed by atoms with Crippen molar-refractivity contribution in [1.82, 2.24) is 29.7 Å². The van der Waals surface area contributed by atoms with Gasteiger partial charge in [0.05, 0.1) is 25.6 Å². The average molecular weight is 1070 g/mol. The van der Waals surface area contributed by atoms with Gasteiger partial charge in [0.1, 0.15) is 23.1 Å². The van der Waals surface area contributed by atoms with Crippen molar-refractivity contribution in [1.29, 1.82) is 0 Å². The average Bonchev–Trinajstić information content (AvgIpc) is 3.42. The lowest BCUT2D eigenvalue weighted by Crippen LogP contribution is -2.48. The quantitative estimate of drug-likeness (QED) is 0.0339. The molecule has 20 nitrogen and oxygen atoms in total. The number of ether oxygens (including phenoxy) is 2. The van der Waals surface area contributed by atoms with E-state index in [1.54, 1.807) is 58.7 Å². The van der Waals surface area contributed by atoms with Crippen LogP contribution in [0.2, 0.25) is 5.28 Å². The molecule has 77 heavy (non-hydrogen) atoms. The number of rotatable bonds is 14. The Hall–Kier alpha value is -8.91. The molecule has 2 fully saturated rings. The molecule has 7 N–H and O–H groups in total. The lowest BCUT2D eigenvalue weighted by molar-refractivity contribution is -0.129. The third kappa shape index (κ3) is 16.0. The maximum Gasteiger partial charge on any atom is 0.247 e. The lowest BCUT2D eigenvalue weighted by atomic mass is 10.1. The van der Waals surface area contributed by atoms with Crippen LogP contribution in [0.5, 0.6) is 11.5 Å². The Labute approximate surface area is 454 Å². The molecule has 4 aromatic carbocycles. The molecule has 2 aromatic heterocycles. The summed E-state index contributed by atoms with van der Waals surface area (Å²) in [6.07, 6.45) is 5.82. The maximum atomic E-state index is 11.7. The molecule has 4 heterocycles. The number of nitrogen functional groups attached to an aromatic ring is 1. The Balaban J connectivity index is 0.000000207. The number of carbonyl (C=O) groups excluding carboxylic acids is 4. The van der Waals surface area contributed by atoms with Crippen molar-refractivity contribution in [2.75, 3.05) is 109 Å². The number of anilines is 11. The van der Waals surface area contributed by atoms with Crippen LogP contribution in [0.4, 0.5) is 63.1 Å². The van der Waals surface area contributed by atoms with Gasteiger partial charge in [-0.2, -0.15) is 4.98 Å². The number of amides is 4. The van der Waals surface area contributed by atoms with E-state index in [1.165, 1.54) is 12.2 Å². The maximum absolute atomic E-state index is 11.7. The molecule has 6 aromatic rings. The SMILES string of the molecule is C=CC(=O)Nc1cccc(Nc2nc(Cl)ncc2C)c1.C=CC(=O)Nc1cccc(Nc2nc(Nc3cc(C)c(N4CCN(C(C)=O)CC4)cc3OC)ncc2C)c1.COc1cc(N2CCN(C(C)=O)CC2)c(C)cc1N. The van der Waals surface area contributed by atoms with E-state index in [1.807, 2.05) is 85.2 Å². The van der Waals surface area contributed by atoms with E-state index in [-0.39, 0.29) is 28.9 Å². The molecule has 8 rings (SSSR count). The summed E-state index contributed by atoms with van der Waals surface area (Å²) in [6, 6.07) is 22.5. The van der Waals surface area contributed by atoms with E-state index in [2.05, 4.69) is 76.4 Å². The summed E-state index contributed by atoms with van der Waals surface area (Å²) >= 11 is 5.77. The number of methoxy groups -OCH3 is 2. The summed E-state index contributed by atoms with van der Waals surface area (Å²) in [6.45, 7) is 24.2. The first kappa shape index (κ1) is 57.4. The van der Waals surface area contributed by atoms with Crippen molar-refractivity contribution in [3.05, 3.63) is 138 Å². The molecule has 0 unspecified atom stereocenters. The molecule has 0 saturated carbocycles. The van der Waals surface area contributed by atoms with Crippen LogP contribution >= 0.6 is 11.6 Å². The van der Waals surface area contributed by atoms with E-state index in [0.717, 1.165) is 90.0 Å².